The van der Waals surface area contributed by atoms with Crippen molar-refractivity contribution in [2.24, 2.45) is 0 Å². The van der Waals surface area contributed by atoms with Crippen LogP contribution in [-0.2, 0) is 15.8 Å². The Morgan fingerprint density at radius 1 is 1.19 bits per heavy atom. The summed E-state index contributed by atoms with van der Waals surface area (Å²) in [6.07, 6.45) is -4.62. The summed E-state index contributed by atoms with van der Waals surface area (Å²) in [6, 6.07) is 3.04. The second-order valence-corrected chi connectivity index (χ2v) is 5.36. The van der Waals surface area contributed by atoms with E-state index < -0.39 is 34.1 Å². The van der Waals surface area contributed by atoms with Crippen molar-refractivity contribution in [3.63, 3.8) is 0 Å². The molecule has 21 heavy (non-hydrogen) atoms. The highest BCUT2D eigenvalue weighted by atomic mass is 35.5. The predicted octanol–water partition coefficient (Wildman–Crippen LogP) is 3.21. The van der Waals surface area contributed by atoms with Crippen LogP contribution >= 0.6 is 11.6 Å². The lowest BCUT2D eigenvalue weighted by atomic mass is 10.0. The number of hydrogen-bond acceptors (Lipinski definition) is 2. The number of carbonyl (C=O) groups excluding carboxylic acids is 2. The van der Waals surface area contributed by atoms with Crippen LogP contribution in [0.1, 0.15) is 26.3 Å². The molecule has 2 amide bonds. The number of carbonyl (C=O) groups is 2. The number of nitrogens with one attached hydrogen (secondary N) is 2. The molecule has 0 bridgehead atoms. The molecule has 1 aromatic carbocycles. The molecule has 0 aliphatic rings. The molecule has 0 radical (unpaired) electrons. The number of alkyl halides is 3. The third-order valence-electron chi connectivity index (χ3n) is 2.59. The maximum Gasteiger partial charge on any atom is 0.417 e. The van der Waals surface area contributed by atoms with Gasteiger partial charge in [0.15, 0.2) is 0 Å². The minimum atomic E-state index is -4.62. The van der Waals surface area contributed by atoms with E-state index in [2.05, 4.69) is 10.6 Å². The Morgan fingerprint density at radius 3 is 2.24 bits per heavy atom. The first-order valence-corrected chi connectivity index (χ1v) is 6.28. The number of anilines is 1. The fourth-order valence-corrected chi connectivity index (χ4v) is 1.83. The normalized spacial score (nSPS) is 12.0. The molecular weight excluding hydrogens is 309 g/mol. The maximum atomic E-state index is 12.7. The minimum absolute atomic E-state index is 0.0600. The molecule has 0 saturated carbocycles. The molecule has 0 spiro atoms. The molecule has 0 heterocycles. The Labute approximate surface area is 124 Å². The topological polar surface area (TPSA) is 58.2 Å². The summed E-state index contributed by atoms with van der Waals surface area (Å²) in [7, 11) is 0. The van der Waals surface area contributed by atoms with Gasteiger partial charge in [0.05, 0.1) is 10.6 Å². The molecule has 0 atom stereocenters. The van der Waals surface area contributed by atoms with Gasteiger partial charge in [0.25, 0.3) is 0 Å². The third-order valence-corrected chi connectivity index (χ3v) is 2.92. The van der Waals surface area contributed by atoms with E-state index in [9.17, 15) is 22.8 Å². The van der Waals surface area contributed by atoms with Crippen LogP contribution in [0.3, 0.4) is 0 Å². The first-order valence-electron chi connectivity index (χ1n) is 5.90. The zero-order valence-corrected chi connectivity index (χ0v) is 12.3. The fourth-order valence-electron chi connectivity index (χ4n) is 1.60. The van der Waals surface area contributed by atoms with Gasteiger partial charge in [0.2, 0.25) is 11.8 Å². The van der Waals surface area contributed by atoms with E-state index in [1.165, 1.54) is 26.8 Å². The van der Waals surface area contributed by atoms with Gasteiger partial charge in [-0.1, -0.05) is 11.6 Å². The summed E-state index contributed by atoms with van der Waals surface area (Å²) in [5.74, 6) is -1.07. The largest absolute Gasteiger partial charge is 0.417 e. The Kier molecular flexibility index (Phi) is 4.88. The van der Waals surface area contributed by atoms with Gasteiger partial charge in [0.1, 0.15) is 5.54 Å². The molecule has 0 aromatic heterocycles. The molecular formula is C13H14ClF3N2O2. The summed E-state index contributed by atoms with van der Waals surface area (Å²) < 4.78 is 38.2. The zero-order valence-electron chi connectivity index (χ0n) is 11.6. The van der Waals surface area contributed by atoms with Crippen LogP contribution in [0.2, 0.25) is 5.02 Å². The van der Waals surface area contributed by atoms with Crippen molar-refractivity contribution >= 4 is 29.1 Å². The van der Waals surface area contributed by atoms with E-state index in [0.29, 0.717) is 0 Å². The number of halogens is 4. The lowest BCUT2D eigenvalue weighted by molar-refractivity contribution is -0.137. The van der Waals surface area contributed by atoms with Gasteiger partial charge in [-0.05, 0) is 32.0 Å². The molecule has 0 aliphatic carbocycles. The first kappa shape index (κ1) is 17.3. The van der Waals surface area contributed by atoms with E-state index in [1.54, 1.807) is 0 Å². The molecule has 1 aromatic rings. The first-order chi connectivity index (χ1) is 9.43. The van der Waals surface area contributed by atoms with Crippen LogP contribution in [0.5, 0.6) is 0 Å². The lowest BCUT2D eigenvalue weighted by Gasteiger charge is -2.24. The van der Waals surface area contributed by atoms with Gasteiger partial charge in [0, 0.05) is 12.6 Å². The molecule has 1 rings (SSSR count). The van der Waals surface area contributed by atoms with E-state index in [1.807, 2.05) is 0 Å². The van der Waals surface area contributed by atoms with Crippen LogP contribution in [0, 0.1) is 0 Å². The van der Waals surface area contributed by atoms with Crippen LogP contribution in [0.25, 0.3) is 0 Å². The standard InChI is InChI=1S/C13H14ClF3N2O2/c1-7(20)19-12(2,3)11(21)18-8-4-5-10(14)9(6-8)13(15,16)17/h4-6H,1-3H3,(H,18,21)(H,19,20). The Hall–Kier alpha value is -1.76. The van der Waals surface area contributed by atoms with Gasteiger partial charge >= 0.3 is 6.18 Å². The van der Waals surface area contributed by atoms with Crippen molar-refractivity contribution < 1.29 is 22.8 Å². The predicted molar refractivity (Wildman–Crippen MR) is 73.0 cm³/mol. The molecule has 8 heteroatoms. The van der Waals surface area contributed by atoms with Crippen molar-refractivity contribution in [1.29, 1.82) is 0 Å². The van der Waals surface area contributed by atoms with Crippen molar-refractivity contribution in [2.45, 2.75) is 32.5 Å². The summed E-state index contributed by atoms with van der Waals surface area (Å²) in [5, 5.41) is 4.25. The third kappa shape index (κ3) is 4.63. The molecule has 0 aliphatic heterocycles. The number of amides is 2. The van der Waals surface area contributed by atoms with Gasteiger partial charge < -0.3 is 10.6 Å². The minimum Gasteiger partial charge on any atom is -0.342 e. The Bertz CT molecular complexity index is 571. The monoisotopic (exact) mass is 322 g/mol. The van der Waals surface area contributed by atoms with E-state index in [-0.39, 0.29) is 5.69 Å². The summed E-state index contributed by atoms with van der Waals surface area (Å²) >= 11 is 5.49. The number of hydrogen-bond donors (Lipinski definition) is 2. The van der Waals surface area contributed by atoms with Crippen LogP contribution in [-0.4, -0.2) is 17.4 Å². The highest BCUT2D eigenvalue weighted by molar-refractivity contribution is 6.31. The summed E-state index contributed by atoms with van der Waals surface area (Å²) in [4.78, 5) is 23.0. The van der Waals surface area contributed by atoms with E-state index in [0.717, 1.165) is 12.1 Å². The highest BCUT2D eigenvalue weighted by Gasteiger charge is 2.34. The van der Waals surface area contributed by atoms with Gasteiger partial charge in [-0.3, -0.25) is 9.59 Å². The smallest absolute Gasteiger partial charge is 0.342 e. The van der Waals surface area contributed by atoms with Gasteiger partial charge in [-0.2, -0.15) is 13.2 Å². The zero-order chi connectivity index (χ0) is 16.4. The Balaban J connectivity index is 2.99. The lowest BCUT2D eigenvalue weighted by Crippen LogP contribution is -2.51. The Morgan fingerprint density at radius 2 is 1.76 bits per heavy atom. The fraction of sp³-hybridized carbons (Fsp3) is 0.385. The molecule has 0 saturated heterocycles. The molecule has 0 unspecified atom stereocenters. The summed E-state index contributed by atoms with van der Waals surface area (Å²) in [5.41, 5.74) is -2.36. The van der Waals surface area contributed by atoms with Crippen LogP contribution < -0.4 is 10.6 Å². The molecule has 2 N–H and O–H groups in total. The van der Waals surface area contributed by atoms with Crippen molar-refractivity contribution in [3.05, 3.63) is 28.8 Å². The average molecular weight is 323 g/mol. The number of rotatable bonds is 3. The average Bonchev–Trinajstić information content (AvgIpc) is 2.28. The molecule has 4 nitrogen and oxygen atoms in total. The van der Waals surface area contributed by atoms with E-state index in [4.69, 9.17) is 11.6 Å². The molecule has 0 fully saturated rings. The van der Waals surface area contributed by atoms with Crippen molar-refractivity contribution in [1.82, 2.24) is 5.32 Å². The molecule has 116 valence electrons. The SMILES string of the molecule is CC(=O)NC(C)(C)C(=O)Nc1ccc(Cl)c(C(F)(F)F)c1. The summed E-state index contributed by atoms with van der Waals surface area (Å²) in [6.45, 7) is 4.10. The maximum absolute atomic E-state index is 12.7. The van der Waals surface area contributed by atoms with E-state index >= 15 is 0 Å². The van der Waals surface area contributed by atoms with Gasteiger partial charge in [-0.15, -0.1) is 0 Å². The van der Waals surface area contributed by atoms with Crippen molar-refractivity contribution in [2.75, 3.05) is 5.32 Å². The van der Waals surface area contributed by atoms with Crippen LogP contribution in [0.4, 0.5) is 18.9 Å². The van der Waals surface area contributed by atoms with Crippen LogP contribution in [0.15, 0.2) is 18.2 Å². The second kappa shape index (κ2) is 5.93. The second-order valence-electron chi connectivity index (χ2n) is 4.95. The quantitative estimate of drug-likeness (QED) is 0.897. The highest BCUT2D eigenvalue weighted by Crippen LogP contribution is 2.36. The van der Waals surface area contributed by atoms with Crippen molar-refractivity contribution in [3.8, 4) is 0 Å². The van der Waals surface area contributed by atoms with Gasteiger partial charge in [-0.25, -0.2) is 0 Å². The number of benzene rings is 1.